The van der Waals surface area contributed by atoms with Crippen molar-refractivity contribution in [1.82, 2.24) is 14.9 Å². The molecule has 1 aliphatic heterocycles. The van der Waals surface area contributed by atoms with Crippen LogP contribution in [0.3, 0.4) is 0 Å². The van der Waals surface area contributed by atoms with Gasteiger partial charge in [0.2, 0.25) is 0 Å². The van der Waals surface area contributed by atoms with Crippen molar-refractivity contribution in [1.29, 1.82) is 0 Å². The molecular formula is C22H21F6N3O5S. The van der Waals surface area contributed by atoms with E-state index in [2.05, 4.69) is 39.5 Å². The molecule has 37 heavy (non-hydrogen) atoms. The average Bonchev–Trinajstić information content (AvgIpc) is 3.25. The molecule has 0 saturated carbocycles. The maximum Gasteiger partial charge on any atom is 0.490 e. The lowest BCUT2D eigenvalue weighted by Crippen LogP contribution is -2.39. The third-order valence-electron chi connectivity index (χ3n) is 4.72. The fourth-order valence-corrected chi connectivity index (χ4v) is 3.70. The van der Waals surface area contributed by atoms with Crippen molar-refractivity contribution in [3.05, 3.63) is 58.2 Å². The molecule has 0 spiro atoms. The summed E-state index contributed by atoms with van der Waals surface area (Å²) in [5, 5.41) is 18.7. The number of aromatic nitrogens is 2. The fourth-order valence-electron chi connectivity index (χ4n) is 3.04. The molecule has 3 aromatic rings. The van der Waals surface area contributed by atoms with Gasteiger partial charge in [-0.05, 0) is 19.1 Å². The van der Waals surface area contributed by atoms with E-state index in [-0.39, 0.29) is 6.04 Å². The molecule has 2 N–H and O–H groups in total. The molecule has 1 aliphatic rings. The Morgan fingerprint density at radius 2 is 1.62 bits per heavy atom. The number of para-hydroxylation sites is 1. The highest BCUT2D eigenvalue weighted by Crippen LogP contribution is 2.27. The second kappa shape index (κ2) is 12.8. The van der Waals surface area contributed by atoms with Gasteiger partial charge in [-0.1, -0.05) is 24.3 Å². The van der Waals surface area contributed by atoms with Gasteiger partial charge in [0.25, 0.3) is 0 Å². The van der Waals surface area contributed by atoms with Gasteiger partial charge < -0.3 is 14.9 Å². The van der Waals surface area contributed by atoms with Crippen molar-refractivity contribution in [2.24, 2.45) is 0 Å². The number of carboxylic acid groups (broad SMARTS) is 2. The number of rotatable bonds is 3. The highest BCUT2D eigenvalue weighted by molar-refractivity contribution is 7.09. The van der Waals surface area contributed by atoms with E-state index >= 15 is 0 Å². The Hall–Kier alpha value is -3.30. The maximum absolute atomic E-state index is 10.6. The number of carboxylic acids is 2. The number of thiazole rings is 1. The summed E-state index contributed by atoms with van der Waals surface area (Å²) in [6.45, 7) is 5.27. The summed E-state index contributed by atoms with van der Waals surface area (Å²) in [6.07, 6.45) is -10.2. The first-order valence-electron chi connectivity index (χ1n) is 10.4. The van der Waals surface area contributed by atoms with Crippen LogP contribution < -0.4 is 0 Å². The summed E-state index contributed by atoms with van der Waals surface area (Å²) in [7, 11) is 0. The first-order valence-corrected chi connectivity index (χ1v) is 11.2. The molecule has 0 aliphatic carbocycles. The number of carbonyl (C=O) groups is 2. The van der Waals surface area contributed by atoms with Crippen molar-refractivity contribution in [3.8, 4) is 0 Å². The Labute approximate surface area is 210 Å². The number of hydrogen-bond acceptors (Lipinski definition) is 7. The van der Waals surface area contributed by atoms with Gasteiger partial charge in [0.05, 0.1) is 41.2 Å². The average molecular weight is 553 g/mol. The molecule has 4 rings (SSSR count). The molecule has 8 nitrogen and oxygen atoms in total. The summed E-state index contributed by atoms with van der Waals surface area (Å²) < 4.78 is 69.2. The van der Waals surface area contributed by atoms with Crippen LogP contribution in [0, 0.1) is 6.92 Å². The highest BCUT2D eigenvalue weighted by atomic mass is 32.1. The van der Waals surface area contributed by atoms with Crippen molar-refractivity contribution < 1.29 is 50.9 Å². The molecule has 0 radical (unpaired) electrons. The minimum Gasteiger partial charge on any atom is -0.475 e. The van der Waals surface area contributed by atoms with Gasteiger partial charge in [0.1, 0.15) is 0 Å². The SMILES string of the molecule is Cc1nc(C2COCCN2Cc2ccc3ccccc3n2)cs1.O=C(O)C(F)(F)F.O=C(O)C(F)(F)F. The van der Waals surface area contributed by atoms with Crippen LogP contribution in [0.1, 0.15) is 22.4 Å². The molecule has 0 bridgehead atoms. The van der Waals surface area contributed by atoms with E-state index in [4.69, 9.17) is 29.5 Å². The Bertz CT molecular complexity index is 1180. The minimum absolute atomic E-state index is 0.224. The Balaban J connectivity index is 0.000000286. The summed E-state index contributed by atoms with van der Waals surface area (Å²) in [4.78, 5) is 29.7. The third kappa shape index (κ3) is 9.59. The third-order valence-corrected chi connectivity index (χ3v) is 5.52. The van der Waals surface area contributed by atoms with Crippen molar-refractivity contribution in [2.75, 3.05) is 19.8 Å². The van der Waals surface area contributed by atoms with E-state index in [0.29, 0.717) is 6.61 Å². The van der Waals surface area contributed by atoms with E-state index in [0.717, 1.165) is 41.6 Å². The number of nitrogens with zero attached hydrogens (tertiary/aromatic N) is 3. The van der Waals surface area contributed by atoms with E-state index in [1.165, 1.54) is 5.39 Å². The molecule has 15 heteroatoms. The maximum atomic E-state index is 10.6. The van der Waals surface area contributed by atoms with Crippen LogP contribution in [-0.2, 0) is 20.9 Å². The predicted molar refractivity (Wildman–Crippen MR) is 120 cm³/mol. The number of fused-ring (bicyclic) bond motifs is 1. The van der Waals surface area contributed by atoms with Gasteiger partial charge in [-0.2, -0.15) is 26.3 Å². The zero-order chi connectivity index (χ0) is 27.8. The topological polar surface area (TPSA) is 113 Å². The normalized spacial score (nSPS) is 16.2. The van der Waals surface area contributed by atoms with Crippen LogP contribution in [-0.4, -0.2) is 69.1 Å². The zero-order valence-electron chi connectivity index (χ0n) is 19.1. The van der Waals surface area contributed by atoms with Crippen LogP contribution in [0.2, 0.25) is 0 Å². The molecule has 1 atom stereocenters. The highest BCUT2D eigenvalue weighted by Gasteiger charge is 2.38. The van der Waals surface area contributed by atoms with Gasteiger partial charge in [0.15, 0.2) is 0 Å². The van der Waals surface area contributed by atoms with E-state index < -0.39 is 24.3 Å². The van der Waals surface area contributed by atoms with Gasteiger partial charge in [-0.3, -0.25) is 9.88 Å². The summed E-state index contributed by atoms with van der Waals surface area (Å²) >= 11 is 1.70. The molecular weight excluding hydrogens is 532 g/mol. The van der Waals surface area contributed by atoms with Crippen molar-refractivity contribution in [2.45, 2.75) is 31.9 Å². The molecule has 1 aromatic carbocycles. The van der Waals surface area contributed by atoms with Crippen LogP contribution in [0.15, 0.2) is 41.8 Å². The lowest BCUT2D eigenvalue weighted by Gasteiger charge is -2.34. The number of aliphatic carboxylic acids is 2. The lowest BCUT2D eigenvalue weighted by atomic mass is 10.1. The first kappa shape index (κ1) is 29.9. The zero-order valence-corrected chi connectivity index (χ0v) is 19.9. The van der Waals surface area contributed by atoms with Crippen LogP contribution >= 0.6 is 11.3 Å². The van der Waals surface area contributed by atoms with Crippen molar-refractivity contribution in [3.63, 3.8) is 0 Å². The molecule has 3 heterocycles. The second-order valence-corrected chi connectivity index (χ2v) is 8.52. The number of morpholine rings is 1. The van der Waals surface area contributed by atoms with Crippen LogP contribution in [0.4, 0.5) is 26.3 Å². The van der Waals surface area contributed by atoms with Gasteiger partial charge in [-0.15, -0.1) is 11.3 Å². The molecule has 2 aromatic heterocycles. The summed E-state index contributed by atoms with van der Waals surface area (Å²) in [5.41, 5.74) is 3.27. The molecule has 0 amide bonds. The molecule has 202 valence electrons. The monoisotopic (exact) mass is 553 g/mol. The summed E-state index contributed by atoms with van der Waals surface area (Å²) in [6, 6.07) is 12.8. The lowest BCUT2D eigenvalue weighted by molar-refractivity contribution is -0.193. The number of benzene rings is 1. The number of pyridine rings is 1. The van der Waals surface area contributed by atoms with Crippen LogP contribution in [0.5, 0.6) is 0 Å². The Kier molecular flexibility index (Phi) is 10.3. The van der Waals surface area contributed by atoms with Gasteiger partial charge >= 0.3 is 24.3 Å². The Morgan fingerprint density at radius 1 is 1.03 bits per heavy atom. The van der Waals surface area contributed by atoms with Gasteiger partial charge in [0, 0.05) is 23.9 Å². The van der Waals surface area contributed by atoms with Crippen molar-refractivity contribution >= 4 is 34.2 Å². The summed E-state index contributed by atoms with van der Waals surface area (Å²) in [5.74, 6) is -5.51. The predicted octanol–water partition coefficient (Wildman–Crippen LogP) is 4.84. The quantitative estimate of drug-likeness (QED) is 0.443. The van der Waals surface area contributed by atoms with E-state index in [1.807, 2.05) is 19.1 Å². The van der Waals surface area contributed by atoms with E-state index in [1.54, 1.807) is 11.3 Å². The standard InChI is InChI=1S/C18H19N3OS.2C2HF3O2/c1-13-19-17(12-23-13)18-11-22-9-8-21(18)10-15-7-6-14-4-2-3-5-16(14)20-15;2*3-2(4,5)1(6)7/h2-7,12,18H,8-11H2,1H3;2*(H,6,7). The first-order chi connectivity index (χ1) is 17.2. The minimum atomic E-state index is -5.08. The number of hydrogen-bond donors (Lipinski definition) is 2. The largest absolute Gasteiger partial charge is 0.490 e. The number of aryl methyl sites for hydroxylation is 1. The smallest absolute Gasteiger partial charge is 0.475 e. The molecule has 1 saturated heterocycles. The second-order valence-electron chi connectivity index (χ2n) is 7.45. The van der Waals surface area contributed by atoms with Crippen LogP contribution in [0.25, 0.3) is 10.9 Å². The molecule has 1 fully saturated rings. The number of ether oxygens (including phenoxy) is 1. The Morgan fingerprint density at radius 3 is 2.16 bits per heavy atom. The van der Waals surface area contributed by atoms with E-state index in [9.17, 15) is 26.3 Å². The molecule has 1 unspecified atom stereocenters. The number of alkyl halides is 6. The van der Waals surface area contributed by atoms with Gasteiger partial charge in [-0.25, -0.2) is 14.6 Å². The fraction of sp³-hybridized carbons (Fsp3) is 0.364. The number of halogens is 6.